The topological polar surface area (TPSA) is 60.4 Å². The van der Waals surface area contributed by atoms with Gasteiger partial charge in [0.2, 0.25) is 5.78 Å². The maximum atomic E-state index is 13.1. The first-order valence-corrected chi connectivity index (χ1v) is 5.44. The standard InChI is InChI=1S/C13H13FO4/c1-3-18-13(17)12(16)7-11(15)9-4-8(2)5-10(14)6-9/h4-6H,3,7H2,1-2H3. The molecule has 0 fully saturated rings. The molecule has 96 valence electrons. The Morgan fingerprint density at radius 1 is 1.22 bits per heavy atom. The van der Waals surface area contributed by atoms with Crippen molar-refractivity contribution in [3.05, 3.63) is 35.1 Å². The van der Waals surface area contributed by atoms with E-state index in [1.807, 2.05) is 0 Å². The number of esters is 1. The van der Waals surface area contributed by atoms with Crippen molar-refractivity contribution in [1.82, 2.24) is 0 Å². The van der Waals surface area contributed by atoms with E-state index in [1.165, 1.54) is 12.1 Å². The van der Waals surface area contributed by atoms with Gasteiger partial charge in [-0.05, 0) is 37.6 Å². The zero-order valence-corrected chi connectivity index (χ0v) is 10.2. The lowest BCUT2D eigenvalue weighted by Gasteiger charge is -2.03. The van der Waals surface area contributed by atoms with Crippen molar-refractivity contribution >= 4 is 17.5 Å². The predicted octanol–water partition coefficient (Wildman–Crippen LogP) is 1.84. The molecule has 5 heteroatoms. The maximum Gasteiger partial charge on any atom is 0.375 e. The van der Waals surface area contributed by atoms with E-state index < -0.39 is 29.8 Å². The summed E-state index contributed by atoms with van der Waals surface area (Å²) in [6.45, 7) is 3.26. The number of halogens is 1. The first-order chi connectivity index (χ1) is 8.43. The number of ketones is 2. The molecule has 1 rings (SSSR count). The summed E-state index contributed by atoms with van der Waals surface area (Å²) in [6, 6.07) is 3.77. The molecule has 1 aromatic rings. The van der Waals surface area contributed by atoms with Gasteiger partial charge in [-0.3, -0.25) is 9.59 Å². The lowest BCUT2D eigenvalue weighted by Crippen LogP contribution is -2.20. The Morgan fingerprint density at radius 2 is 1.89 bits per heavy atom. The van der Waals surface area contributed by atoms with E-state index in [0.29, 0.717) is 5.56 Å². The molecule has 0 saturated heterocycles. The number of carbonyl (C=O) groups is 3. The second-order valence-electron chi connectivity index (χ2n) is 3.76. The van der Waals surface area contributed by atoms with Gasteiger partial charge < -0.3 is 4.74 Å². The van der Waals surface area contributed by atoms with Crippen LogP contribution in [0.15, 0.2) is 18.2 Å². The van der Waals surface area contributed by atoms with E-state index in [9.17, 15) is 18.8 Å². The average molecular weight is 252 g/mol. The molecular weight excluding hydrogens is 239 g/mol. The normalized spacial score (nSPS) is 9.94. The van der Waals surface area contributed by atoms with Crippen LogP contribution in [0.1, 0.15) is 29.3 Å². The number of carbonyl (C=O) groups excluding carboxylic acids is 3. The first-order valence-electron chi connectivity index (χ1n) is 5.44. The van der Waals surface area contributed by atoms with E-state index >= 15 is 0 Å². The van der Waals surface area contributed by atoms with Crippen LogP contribution in [0.4, 0.5) is 4.39 Å². The van der Waals surface area contributed by atoms with Gasteiger partial charge in [0.15, 0.2) is 5.78 Å². The molecule has 18 heavy (non-hydrogen) atoms. The molecule has 0 saturated carbocycles. The molecule has 1 aromatic carbocycles. The predicted molar refractivity (Wildman–Crippen MR) is 61.7 cm³/mol. The highest BCUT2D eigenvalue weighted by atomic mass is 19.1. The van der Waals surface area contributed by atoms with Gasteiger partial charge in [0, 0.05) is 5.56 Å². The van der Waals surface area contributed by atoms with Crippen LogP contribution >= 0.6 is 0 Å². The summed E-state index contributed by atoms with van der Waals surface area (Å²) in [7, 11) is 0. The van der Waals surface area contributed by atoms with Crippen LogP contribution in [-0.2, 0) is 14.3 Å². The van der Waals surface area contributed by atoms with Gasteiger partial charge >= 0.3 is 5.97 Å². The molecule has 0 aliphatic heterocycles. The third kappa shape index (κ3) is 3.76. The Labute approximate surface area is 104 Å². The Bertz CT molecular complexity index is 474. The zero-order chi connectivity index (χ0) is 13.7. The second kappa shape index (κ2) is 6.05. The van der Waals surface area contributed by atoms with Crippen molar-refractivity contribution in [2.75, 3.05) is 6.61 Å². The van der Waals surface area contributed by atoms with Crippen molar-refractivity contribution in [1.29, 1.82) is 0 Å². The minimum absolute atomic E-state index is 0.0673. The minimum atomic E-state index is -1.04. The fraction of sp³-hybridized carbons (Fsp3) is 0.308. The molecule has 4 nitrogen and oxygen atoms in total. The van der Waals surface area contributed by atoms with Crippen LogP contribution in [-0.4, -0.2) is 24.1 Å². The van der Waals surface area contributed by atoms with Gasteiger partial charge in [-0.1, -0.05) is 0 Å². The van der Waals surface area contributed by atoms with Crippen LogP contribution in [0, 0.1) is 12.7 Å². The van der Waals surface area contributed by atoms with Crippen LogP contribution in [0.5, 0.6) is 0 Å². The number of benzene rings is 1. The van der Waals surface area contributed by atoms with Crippen LogP contribution in [0.2, 0.25) is 0 Å². The SMILES string of the molecule is CCOC(=O)C(=O)CC(=O)c1cc(C)cc(F)c1. The van der Waals surface area contributed by atoms with Gasteiger partial charge in [-0.15, -0.1) is 0 Å². The van der Waals surface area contributed by atoms with E-state index in [-0.39, 0.29) is 12.2 Å². The third-order valence-electron chi connectivity index (χ3n) is 2.19. The molecular formula is C13H13FO4. The van der Waals surface area contributed by atoms with Gasteiger partial charge in [0.05, 0.1) is 13.0 Å². The lowest BCUT2D eigenvalue weighted by atomic mass is 10.0. The number of hydrogen-bond donors (Lipinski definition) is 0. The number of rotatable bonds is 5. The van der Waals surface area contributed by atoms with E-state index in [0.717, 1.165) is 6.07 Å². The molecule has 0 N–H and O–H groups in total. The monoisotopic (exact) mass is 252 g/mol. The average Bonchev–Trinajstić information content (AvgIpc) is 2.27. The number of hydrogen-bond acceptors (Lipinski definition) is 4. The number of aryl methyl sites for hydroxylation is 1. The molecule has 0 aliphatic carbocycles. The maximum absolute atomic E-state index is 13.1. The van der Waals surface area contributed by atoms with Gasteiger partial charge in [0.25, 0.3) is 0 Å². The van der Waals surface area contributed by atoms with Gasteiger partial charge in [0.1, 0.15) is 5.82 Å². The summed E-state index contributed by atoms with van der Waals surface area (Å²) < 4.78 is 17.5. The molecule has 0 bridgehead atoms. The summed E-state index contributed by atoms with van der Waals surface area (Å²) in [5, 5.41) is 0. The Hall–Kier alpha value is -2.04. The van der Waals surface area contributed by atoms with Crippen LogP contribution in [0.3, 0.4) is 0 Å². The van der Waals surface area contributed by atoms with Gasteiger partial charge in [-0.25, -0.2) is 9.18 Å². The minimum Gasteiger partial charge on any atom is -0.460 e. The summed E-state index contributed by atoms with van der Waals surface area (Å²) in [6.07, 6.45) is -0.609. The van der Waals surface area contributed by atoms with Crippen LogP contribution < -0.4 is 0 Å². The van der Waals surface area contributed by atoms with Gasteiger partial charge in [-0.2, -0.15) is 0 Å². The molecule has 0 aliphatic rings. The Morgan fingerprint density at radius 3 is 2.44 bits per heavy atom. The quantitative estimate of drug-likeness (QED) is 0.347. The summed E-state index contributed by atoms with van der Waals surface area (Å²) in [5.41, 5.74) is 0.645. The molecule has 0 heterocycles. The van der Waals surface area contributed by atoms with E-state index in [2.05, 4.69) is 4.74 Å². The Kier molecular flexibility index (Phi) is 4.71. The number of Topliss-reactive ketones (excluding diaryl/α,β-unsaturated/α-hetero) is 2. The van der Waals surface area contributed by atoms with E-state index in [1.54, 1.807) is 13.8 Å². The highest BCUT2D eigenvalue weighted by Gasteiger charge is 2.20. The summed E-state index contributed by atoms with van der Waals surface area (Å²) >= 11 is 0. The molecule has 0 unspecified atom stereocenters. The molecule has 0 radical (unpaired) electrons. The first kappa shape index (κ1) is 14.0. The summed E-state index contributed by atoms with van der Waals surface area (Å²) in [5.74, 6) is -3.12. The van der Waals surface area contributed by atoms with Crippen molar-refractivity contribution < 1.29 is 23.5 Å². The molecule has 0 aromatic heterocycles. The third-order valence-corrected chi connectivity index (χ3v) is 2.19. The van der Waals surface area contributed by atoms with E-state index in [4.69, 9.17) is 0 Å². The zero-order valence-electron chi connectivity index (χ0n) is 10.2. The largest absolute Gasteiger partial charge is 0.460 e. The number of ether oxygens (including phenoxy) is 1. The van der Waals surface area contributed by atoms with Crippen molar-refractivity contribution in [2.45, 2.75) is 20.3 Å². The fourth-order valence-corrected chi connectivity index (χ4v) is 1.43. The molecule has 0 amide bonds. The lowest BCUT2D eigenvalue weighted by molar-refractivity contribution is -0.153. The summed E-state index contributed by atoms with van der Waals surface area (Å²) in [4.78, 5) is 34.0. The molecule has 0 spiro atoms. The van der Waals surface area contributed by atoms with Crippen LogP contribution in [0.25, 0.3) is 0 Å². The van der Waals surface area contributed by atoms with Crippen molar-refractivity contribution in [3.8, 4) is 0 Å². The highest BCUT2D eigenvalue weighted by molar-refractivity contribution is 6.38. The fourth-order valence-electron chi connectivity index (χ4n) is 1.43. The van der Waals surface area contributed by atoms with Crippen molar-refractivity contribution in [2.24, 2.45) is 0 Å². The smallest absolute Gasteiger partial charge is 0.375 e. The molecule has 0 atom stereocenters. The highest BCUT2D eigenvalue weighted by Crippen LogP contribution is 2.11. The Balaban J connectivity index is 2.76. The van der Waals surface area contributed by atoms with Crippen molar-refractivity contribution in [3.63, 3.8) is 0 Å². The second-order valence-corrected chi connectivity index (χ2v) is 3.76.